The second-order valence-corrected chi connectivity index (χ2v) is 4.46. The van der Waals surface area contributed by atoms with Gasteiger partial charge in [-0.3, -0.25) is 0 Å². The predicted octanol–water partition coefficient (Wildman–Crippen LogP) is 3.08. The molecule has 1 atom stereocenters. The number of hydrogen-bond acceptors (Lipinski definition) is 5. The van der Waals surface area contributed by atoms with E-state index in [1.54, 1.807) is 14.2 Å². The van der Waals surface area contributed by atoms with Gasteiger partial charge in [-0.05, 0) is 48.5 Å². The number of epoxide rings is 1. The van der Waals surface area contributed by atoms with Gasteiger partial charge < -0.3 is 23.7 Å². The topological polar surface area (TPSA) is 57.3 Å². The Morgan fingerprint density at radius 3 is 1.45 bits per heavy atom. The first kappa shape index (κ1) is 15.9. The summed E-state index contributed by atoms with van der Waals surface area (Å²) in [4.78, 5) is 9.44. The number of benzene rings is 2. The first-order valence-corrected chi connectivity index (χ1v) is 6.78. The van der Waals surface area contributed by atoms with Crippen LogP contribution in [0.2, 0.25) is 0 Å². The molecule has 0 aromatic heterocycles. The zero-order valence-corrected chi connectivity index (χ0v) is 12.5. The van der Waals surface area contributed by atoms with Crippen molar-refractivity contribution in [1.29, 1.82) is 0 Å². The first-order valence-electron chi connectivity index (χ1n) is 6.78. The summed E-state index contributed by atoms with van der Waals surface area (Å²) in [5, 5.41) is 0. The molecule has 0 amide bonds. The van der Waals surface area contributed by atoms with Gasteiger partial charge in [-0.15, -0.1) is 0 Å². The lowest BCUT2D eigenvalue weighted by Crippen LogP contribution is -1.86. The van der Waals surface area contributed by atoms with E-state index in [1.165, 1.54) is 0 Å². The van der Waals surface area contributed by atoms with Crippen LogP contribution >= 0.6 is 0 Å². The van der Waals surface area contributed by atoms with Crippen molar-refractivity contribution >= 4 is 6.29 Å². The molecular weight excluding hydrogens is 284 g/mol. The molecule has 1 unspecified atom stereocenters. The summed E-state index contributed by atoms with van der Waals surface area (Å²) in [7, 11) is 3.28. The average molecular weight is 302 g/mol. The van der Waals surface area contributed by atoms with E-state index in [9.17, 15) is 4.79 Å². The highest BCUT2D eigenvalue weighted by Crippen LogP contribution is 2.25. The highest BCUT2D eigenvalue weighted by atomic mass is 16.6. The Labute approximate surface area is 129 Å². The monoisotopic (exact) mass is 302 g/mol. The van der Waals surface area contributed by atoms with Gasteiger partial charge in [-0.1, -0.05) is 0 Å². The minimum Gasteiger partial charge on any atom is -0.497 e. The first-order chi connectivity index (χ1) is 10.7. The highest BCUT2D eigenvalue weighted by Gasteiger charge is 2.19. The average Bonchev–Trinajstić information content (AvgIpc) is 3.41. The van der Waals surface area contributed by atoms with Crippen LogP contribution in [0.15, 0.2) is 48.5 Å². The number of carbonyl (C=O) groups excluding carboxylic acids is 1. The van der Waals surface area contributed by atoms with Crippen molar-refractivity contribution in [3.63, 3.8) is 0 Å². The van der Waals surface area contributed by atoms with Crippen LogP contribution in [0.4, 0.5) is 0 Å². The van der Waals surface area contributed by atoms with Crippen LogP contribution in [0, 0.1) is 0 Å². The second kappa shape index (κ2) is 8.05. The van der Waals surface area contributed by atoms with Crippen molar-refractivity contribution in [2.75, 3.05) is 20.8 Å². The maximum atomic E-state index is 9.44. The van der Waals surface area contributed by atoms with Crippen molar-refractivity contribution in [3.8, 4) is 23.0 Å². The minimum atomic E-state index is -0.0463. The van der Waals surface area contributed by atoms with Crippen molar-refractivity contribution in [1.82, 2.24) is 0 Å². The van der Waals surface area contributed by atoms with Crippen LogP contribution in [-0.2, 0) is 9.53 Å². The molecule has 0 bridgehead atoms. The van der Waals surface area contributed by atoms with E-state index in [2.05, 4.69) is 4.74 Å². The maximum Gasteiger partial charge on any atom is 0.151 e. The standard InChI is InChI=1S/C14H14O3.C3H4O2/c1-15-11-3-7-13(8-4-11)17-14-9-5-12(16-2)6-10-14;4-1-3-2-5-3/h3-10H,1-2H3;1,3H,2H2. The van der Waals surface area contributed by atoms with Crippen molar-refractivity contribution < 1.29 is 23.7 Å². The molecule has 0 spiro atoms. The van der Waals surface area contributed by atoms with E-state index in [0.717, 1.165) is 29.3 Å². The van der Waals surface area contributed by atoms with E-state index >= 15 is 0 Å². The largest absolute Gasteiger partial charge is 0.497 e. The molecule has 2 aromatic carbocycles. The van der Waals surface area contributed by atoms with Crippen LogP contribution in [-0.4, -0.2) is 33.2 Å². The lowest BCUT2D eigenvalue weighted by molar-refractivity contribution is -0.108. The van der Waals surface area contributed by atoms with E-state index in [1.807, 2.05) is 48.5 Å². The van der Waals surface area contributed by atoms with Crippen molar-refractivity contribution in [3.05, 3.63) is 48.5 Å². The SMILES string of the molecule is COc1ccc(Oc2ccc(OC)cc2)cc1.O=CC1CO1. The van der Waals surface area contributed by atoms with Gasteiger partial charge in [0.1, 0.15) is 29.1 Å². The molecule has 0 N–H and O–H groups in total. The Morgan fingerprint density at radius 2 is 1.23 bits per heavy atom. The fraction of sp³-hybridized carbons (Fsp3) is 0.235. The van der Waals surface area contributed by atoms with Crippen LogP contribution in [0.5, 0.6) is 23.0 Å². The molecule has 1 saturated heterocycles. The summed E-state index contributed by atoms with van der Waals surface area (Å²) < 4.78 is 20.3. The summed E-state index contributed by atoms with van der Waals surface area (Å²) >= 11 is 0. The number of ether oxygens (including phenoxy) is 4. The zero-order valence-electron chi connectivity index (χ0n) is 12.5. The number of carbonyl (C=O) groups is 1. The van der Waals surface area contributed by atoms with E-state index in [4.69, 9.17) is 14.2 Å². The van der Waals surface area contributed by atoms with Gasteiger partial charge in [0.2, 0.25) is 0 Å². The molecule has 5 nitrogen and oxygen atoms in total. The second-order valence-electron chi connectivity index (χ2n) is 4.46. The number of hydrogen-bond donors (Lipinski definition) is 0. The smallest absolute Gasteiger partial charge is 0.151 e. The molecule has 2 aromatic rings. The van der Waals surface area contributed by atoms with Crippen LogP contribution in [0.3, 0.4) is 0 Å². The van der Waals surface area contributed by atoms with Gasteiger partial charge in [0.05, 0.1) is 20.8 Å². The molecule has 3 rings (SSSR count). The van der Waals surface area contributed by atoms with Gasteiger partial charge in [-0.2, -0.15) is 0 Å². The summed E-state index contributed by atoms with van der Waals surface area (Å²) in [5.74, 6) is 3.17. The molecule has 1 aliphatic heterocycles. The van der Waals surface area contributed by atoms with Gasteiger partial charge >= 0.3 is 0 Å². The summed E-state index contributed by atoms with van der Waals surface area (Å²) in [6.07, 6.45) is 0.759. The van der Waals surface area contributed by atoms with Gasteiger partial charge in [0.25, 0.3) is 0 Å². The fourth-order valence-electron chi connectivity index (χ4n) is 1.56. The van der Waals surface area contributed by atoms with Crippen LogP contribution in [0.25, 0.3) is 0 Å². The molecule has 0 radical (unpaired) electrons. The molecule has 22 heavy (non-hydrogen) atoms. The summed E-state index contributed by atoms with van der Waals surface area (Å²) in [6, 6.07) is 14.9. The number of aldehydes is 1. The Kier molecular flexibility index (Phi) is 5.80. The molecule has 1 heterocycles. The van der Waals surface area contributed by atoms with E-state index in [0.29, 0.717) is 6.61 Å². The Morgan fingerprint density at radius 1 is 0.864 bits per heavy atom. The predicted molar refractivity (Wildman–Crippen MR) is 81.9 cm³/mol. The normalized spacial score (nSPS) is 15.1. The molecule has 0 saturated carbocycles. The van der Waals surface area contributed by atoms with Crippen molar-refractivity contribution in [2.45, 2.75) is 6.10 Å². The number of methoxy groups -OCH3 is 2. The zero-order chi connectivity index (χ0) is 15.8. The van der Waals surface area contributed by atoms with E-state index in [-0.39, 0.29) is 6.10 Å². The maximum absolute atomic E-state index is 9.44. The van der Waals surface area contributed by atoms with Gasteiger partial charge in [0.15, 0.2) is 6.29 Å². The molecule has 1 fully saturated rings. The van der Waals surface area contributed by atoms with Gasteiger partial charge in [0, 0.05) is 0 Å². The fourth-order valence-corrected chi connectivity index (χ4v) is 1.56. The minimum absolute atomic E-state index is 0.0463. The summed E-state index contributed by atoms with van der Waals surface area (Å²) in [5.41, 5.74) is 0. The highest BCUT2D eigenvalue weighted by molar-refractivity contribution is 5.58. The lowest BCUT2D eigenvalue weighted by Gasteiger charge is -2.07. The third kappa shape index (κ3) is 5.10. The Balaban J connectivity index is 0.000000299. The molecule has 5 heteroatoms. The van der Waals surface area contributed by atoms with Crippen LogP contribution < -0.4 is 14.2 Å². The quantitative estimate of drug-likeness (QED) is 0.627. The lowest BCUT2D eigenvalue weighted by atomic mass is 10.3. The number of rotatable bonds is 5. The van der Waals surface area contributed by atoms with Gasteiger partial charge in [-0.25, -0.2) is 0 Å². The van der Waals surface area contributed by atoms with Crippen molar-refractivity contribution in [2.24, 2.45) is 0 Å². The third-order valence-electron chi connectivity index (χ3n) is 2.87. The molecule has 1 aliphatic rings. The Bertz CT molecular complexity index is 528. The summed E-state index contributed by atoms with van der Waals surface area (Å²) in [6.45, 7) is 0.642. The molecular formula is C17H18O5. The van der Waals surface area contributed by atoms with Crippen LogP contribution in [0.1, 0.15) is 0 Å². The van der Waals surface area contributed by atoms with E-state index < -0.39 is 0 Å². The Hall–Kier alpha value is -2.53. The third-order valence-corrected chi connectivity index (χ3v) is 2.87. The molecule has 116 valence electrons. The molecule has 0 aliphatic carbocycles.